The third-order valence-electron chi connectivity index (χ3n) is 4.19. The van der Waals surface area contributed by atoms with Crippen LogP contribution in [-0.4, -0.2) is 53.0 Å². The number of phosphoric ester groups is 1. The van der Waals surface area contributed by atoms with Gasteiger partial charge in [-0.25, -0.2) is 18.5 Å². The largest absolute Gasteiger partial charge is 0.490 e. The van der Waals surface area contributed by atoms with Crippen LogP contribution in [0.5, 0.6) is 0 Å². The Morgan fingerprint density at radius 1 is 1.24 bits per heavy atom. The van der Waals surface area contributed by atoms with Gasteiger partial charge in [-0.2, -0.15) is 13.6 Å². The van der Waals surface area contributed by atoms with Crippen molar-refractivity contribution in [3.63, 3.8) is 0 Å². The molecule has 1 aromatic heterocycles. The van der Waals surface area contributed by atoms with Crippen molar-refractivity contribution < 1.29 is 56.3 Å². The van der Waals surface area contributed by atoms with Gasteiger partial charge in [-0.3, -0.25) is 9.09 Å². The molecule has 192 valence electrons. The van der Waals surface area contributed by atoms with Crippen molar-refractivity contribution in [2.24, 2.45) is 0 Å². The number of anilines is 1. The molecule has 0 radical (unpaired) electrons. The third kappa shape index (κ3) is 8.98. The van der Waals surface area contributed by atoms with Crippen LogP contribution in [0, 0.1) is 11.8 Å². The van der Waals surface area contributed by atoms with Crippen LogP contribution in [0.2, 0.25) is 0 Å². The van der Waals surface area contributed by atoms with Crippen LogP contribution in [0.15, 0.2) is 11.0 Å². The van der Waals surface area contributed by atoms with E-state index in [1.54, 1.807) is 0 Å². The number of ether oxygens (including phenoxy) is 1. The highest BCUT2D eigenvalue weighted by molar-refractivity contribution is 7.66. The normalized spacial score (nSPS) is 24.1. The number of nitrogens with zero attached hydrogens (tertiary/aromatic N) is 2. The van der Waals surface area contributed by atoms with Crippen molar-refractivity contribution in [3.05, 3.63) is 22.2 Å². The SMILES string of the molecule is CCCCC#Cc1cn(C2CC(O)C(COP(=O)(O)OP(=O)(O)OP(=O)(O)O)O2)c(=O)nc1N. The molecule has 0 saturated carbocycles. The molecule has 1 fully saturated rings. The maximum atomic E-state index is 12.2. The van der Waals surface area contributed by atoms with Crippen LogP contribution < -0.4 is 11.4 Å². The van der Waals surface area contributed by atoms with Crippen LogP contribution in [0.25, 0.3) is 0 Å². The van der Waals surface area contributed by atoms with E-state index in [4.69, 9.17) is 25.2 Å². The van der Waals surface area contributed by atoms with E-state index in [1.807, 2.05) is 6.92 Å². The molecule has 2 heterocycles. The minimum Gasteiger partial charge on any atom is -0.390 e. The first-order valence-corrected chi connectivity index (χ1v) is 14.1. The number of nitrogens with two attached hydrogens (primary N) is 1. The smallest absolute Gasteiger partial charge is 0.390 e. The molecule has 2 rings (SSSR count). The summed E-state index contributed by atoms with van der Waals surface area (Å²) in [6, 6.07) is 0. The lowest BCUT2D eigenvalue weighted by atomic mass is 10.2. The van der Waals surface area contributed by atoms with Crippen LogP contribution in [-0.2, 0) is 31.6 Å². The molecule has 7 N–H and O–H groups in total. The van der Waals surface area contributed by atoms with Crippen molar-refractivity contribution in [3.8, 4) is 11.8 Å². The maximum absolute atomic E-state index is 12.2. The Balaban J connectivity index is 2.07. The van der Waals surface area contributed by atoms with Gasteiger partial charge >= 0.3 is 29.2 Å². The van der Waals surface area contributed by atoms with Crippen LogP contribution in [0.1, 0.15) is 44.4 Å². The van der Waals surface area contributed by atoms with Gasteiger partial charge in [-0.1, -0.05) is 25.2 Å². The van der Waals surface area contributed by atoms with Gasteiger partial charge in [0.2, 0.25) is 0 Å². The molecule has 1 saturated heterocycles. The number of aliphatic hydroxyl groups is 1. The topological polar surface area (TPSA) is 250 Å². The average Bonchev–Trinajstić information content (AvgIpc) is 3.02. The van der Waals surface area contributed by atoms with Crippen molar-refractivity contribution in [2.75, 3.05) is 12.3 Å². The maximum Gasteiger partial charge on any atom is 0.490 e. The Morgan fingerprint density at radius 2 is 1.91 bits per heavy atom. The second kappa shape index (κ2) is 11.5. The van der Waals surface area contributed by atoms with Gasteiger partial charge in [0.15, 0.2) is 0 Å². The Kier molecular flexibility index (Phi) is 9.77. The molecule has 0 spiro atoms. The van der Waals surface area contributed by atoms with Crippen LogP contribution in [0.3, 0.4) is 0 Å². The molecule has 0 amide bonds. The lowest BCUT2D eigenvalue weighted by Crippen LogP contribution is -2.29. The number of hydrogen-bond donors (Lipinski definition) is 6. The predicted molar refractivity (Wildman–Crippen MR) is 114 cm³/mol. The monoisotopic (exact) mass is 547 g/mol. The molecule has 0 bridgehead atoms. The first kappa shape index (κ1) is 28.8. The van der Waals surface area contributed by atoms with E-state index in [1.165, 1.54) is 6.20 Å². The average molecular weight is 547 g/mol. The van der Waals surface area contributed by atoms with Gasteiger partial charge in [0.25, 0.3) is 0 Å². The highest BCUT2D eigenvalue weighted by atomic mass is 31.3. The number of rotatable bonds is 10. The molecule has 16 nitrogen and oxygen atoms in total. The molecule has 1 aliphatic rings. The second-order valence-corrected chi connectivity index (χ2v) is 11.4. The molecular weight excluding hydrogens is 523 g/mol. The molecule has 19 heteroatoms. The van der Waals surface area contributed by atoms with E-state index in [0.717, 1.165) is 17.4 Å². The molecule has 5 unspecified atom stereocenters. The lowest BCUT2D eigenvalue weighted by molar-refractivity contribution is -0.0449. The standard InChI is InChI=1S/C15H24N3O13P3/c1-2-3-4-5-6-10-8-18(15(20)17-14(10)16)13-7-11(19)12(29-13)9-28-33(24,25)31-34(26,27)30-32(21,22)23/h8,11-13,19H,2-4,7,9H2,1H3,(H,24,25)(H,26,27)(H2,16,17,20)(H2,21,22,23). The Bertz CT molecular complexity index is 1140. The van der Waals surface area contributed by atoms with Crippen LogP contribution in [0.4, 0.5) is 5.82 Å². The zero-order valence-corrected chi connectivity index (χ0v) is 20.3. The highest BCUT2D eigenvalue weighted by Gasteiger charge is 2.43. The Hall–Kier alpha value is -1.43. The van der Waals surface area contributed by atoms with Crippen LogP contribution >= 0.6 is 23.5 Å². The molecular formula is C15H24N3O13P3. The number of hydrogen-bond acceptors (Lipinski definition) is 11. The van der Waals surface area contributed by atoms with Gasteiger partial charge in [0.05, 0.1) is 18.3 Å². The first-order chi connectivity index (χ1) is 15.6. The minimum atomic E-state index is -5.69. The van der Waals surface area contributed by atoms with E-state index < -0.39 is 54.2 Å². The van der Waals surface area contributed by atoms with E-state index in [9.17, 15) is 28.5 Å². The fourth-order valence-electron chi connectivity index (χ4n) is 2.71. The van der Waals surface area contributed by atoms with Gasteiger partial charge in [0, 0.05) is 19.0 Å². The molecule has 0 aliphatic carbocycles. The molecule has 1 aliphatic heterocycles. The zero-order chi connectivity index (χ0) is 25.7. The molecule has 5 atom stereocenters. The van der Waals surface area contributed by atoms with E-state index in [0.29, 0.717) is 6.42 Å². The van der Waals surface area contributed by atoms with Crippen molar-refractivity contribution in [2.45, 2.75) is 51.0 Å². The van der Waals surface area contributed by atoms with Crippen molar-refractivity contribution >= 4 is 29.3 Å². The summed E-state index contributed by atoms with van der Waals surface area (Å²) in [6.07, 6.45) is -0.159. The minimum absolute atomic E-state index is 0.0898. The zero-order valence-electron chi connectivity index (χ0n) is 17.7. The Labute approximate surface area is 193 Å². The number of nitrogen functional groups attached to an aromatic ring is 1. The van der Waals surface area contributed by atoms with Crippen molar-refractivity contribution in [1.82, 2.24) is 9.55 Å². The summed E-state index contributed by atoms with van der Waals surface area (Å²) in [4.78, 5) is 51.6. The highest BCUT2D eigenvalue weighted by Crippen LogP contribution is 2.66. The van der Waals surface area contributed by atoms with Gasteiger partial charge in [-0.05, 0) is 6.42 Å². The summed E-state index contributed by atoms with van der Waals surface area (Å²) in [6.45, 7) is 1.13. The molecule has 34 heavy (non-hydrogen) atoms. The van der Waals surface area contributed by atoms with Gasteiger partial charge < -0.3 is 35.2 Å². The van der Waals surface area contributed by atoms with E-state index in [2.05, 4.69) is 30.0 Å². The molecule has 1 aromatic rings. The first-order valence-electron chi connectivity index (χ1n) is 9.62. The number of unbranched alkanes of at least 4 members (excludes halogenated alkanes) is 2. The number of aliphatic hydroxyl groups excluding tert-OH is 1. The Morgan fingerprint density at radius 3 is 2.53 bits per heavy atom. The summed E-state index contributed by atoms with van der Waals surface area (Å²) in [7, 11) is -16.6. The van der Waals surface area contributed by atoms with Gasteiger partial charge in [0.1, 0.15) is 18.1 Å². The third-order valence-corrected chi connectivity index (χ3v) is 7.99. The summed E-state index contributed by atoms with van der Waals surface area (Å²) < 4.78 is 52.0. The second-order valence-electron chi connectivity index (χ2n) is 6.95. The van der Waals surface area contributed by atoms with E-state index >= 15 is 0 Å². The number of phosphoric acid groups is 3. The number of aromatic nitrogens is 2. The van der Waals surface area contributed by atoms with Crippen molar-refractivity contribution in [1.29, 1.82) is 0 Å². The molecule has 0 aromatic carbocycles. The predicted octanol–water partition coefficient (Wildman–Crippen LogP) is 0.359. The van der Waals surface area contributed by atoms with Gasteiger partial charge in [-0.15, -0.1) is 0 Å². The summed E-state index contributed by atoms with van der Waals surface area (Å²) in [5.74, 6) is 5.61. The summed E-state index contributed by atoms with van der Waals surface area (Å²) in [5.41, 5.74) is 5.18. The summed E-state index contributed by atoms with van der Waals surface area (Å²) >= 11 is 0. The summed E-state index contributed by atoms with van der Waals surface area (Å²) in [5, 5.41) is 10.2. The lowest BCUT2D eigenvalue weighted by Gasteiger charge is -2.19. The fourth-order valence-corrected chi connectivity index (χ4v) is 5.74. The fraction of sp³-hybridized carbons (Fsp3) is 0.600. The van der Waals surface area contributed by atoms with E-state index in [-0.39, 0.29) is 17.8 Å². The quantitative estimate of drug-likeness (QED) is 0.131.